The van der Waals surface area contributed by atoms with Crippen LogP contribution in [-0.4, -0.2) is 28.9 Å². The lowest BCUT2D eigenvalue weighted by atomic mass is 10.0. The summed E-state index contributed by atoms with van der Waals surface area (Å²) in [6.45, 7) is 0.800. The van der Waals surface area contributed by atoms with E-state index in [1.807, 2.05) is 0 Å². The monoisotopic (exact) mass is 161 g/mol. The van der Waals surface area contributed by atoms with E-state index in [1.54, 1.807) is 0 Å². The normalized spacial score (nSPS) is 33.7. The molecule has 1 aliphatic heterocycles. The molecule has 3 nitrogen and oxygen atoms in total. The van der Waals surface area contributed by atoms with Crippen molar-refractivity contribution in [1.29, 1.82) is 0 Å². The highest BCUT2D eigenvalue weighted by atomic mass is 32.1. The topological polar surface area (TPSA) is 49.3 Å². The second-order valence-corrected chi connectivity index (χ2v) is 3.14. The maximum absolute atomic E-state index is 10.5. The summed E-state index contributed by atoms with van der Waals surface area (Å²) in [5.74, 6) is -0.792. The molecule has 0 saturated carbocycles. The van der Waals surface area contributed by atoms with Gasteiger partial charge in [-0.15, -0.1) is 0 Å². The fraction of sp³-hybridized carbons (Fsp3) is 0.833. The summed E-state index contributed by atoms with van der Waals surface area (Å²) < 4.78 is 0. The SMILES string of the molecule is O=C(O)C1NCCCC1S. The van der Waals surface area contributed by atoms with Gasteiger partial charge in [0.25, 0.3) is 0 Å². The number of carboxylic acid groups (broad SMARTS) is 1. The molecular weight excluding hydrogens is 150 g/mol. The molecule has 2 unspecified atom stereocenters. The molecule has 0 aromatic carbocycles. The lowest BCUT2D eigenvalue weighted by molar-refractivity contribution is -0.139. The largest absolute Gasteiger partial charge is 0.480 e. The number of piperidine rings is 1. The number of carboxylic acids is 1. The average Bonchev–Trinajstić information content (AvgIpc) is 1.88. The van der Waals surface area contributed by atoms with Gasteiger partial charge in [-0.3, -0.25) is 4.79 Å². The average molecular weight is 161 g/mol. The highest BCUT2D eigenvalue weighted by Gasteiger charge is 2.27. The van der Waals surface area contributed by atoms with Crippen LogP contribution in [0, 0.1) is 0 Å². The molecule has 58 valence electrons. The van der Waals surface area contributed by atoms with Crippen LogP contribution >= 0.6 is 12.6 Å². The van der Waals surface area contributed by atoms with Gasteiger partial charge in [-0.2, -0.15) is 12.6 Å². The molecule has 1 saturated heterocycles. The first-order valence-corrected chi connectivity index (χ1v) is 3.87. The summed E-state index contributed by atoms with van der Waals surface area (Å²) in [5.41, 5.74) is 0. The summed E-state index contributed by atoms with van der Waals surface area (Å²) in [7, 11) is 0. The zero-order chi connectivity index (χ0) is 7.56. The third-order valence-corrected chi connectivity index (χ3v) is 2.25. The van der Waals surface area contributed by atoms with Crippen LogP contribution < -0.4 is 5.32 Å². The van der Waals surface area contributed by atoms with Crippen molar-refractivity contribution in [3.8, 4) is 0 Å². The molecule has 10 heavy (non-hydrogen) atoms. The maximum atomic E-state index is 10.5. The number of rotatable bonds is 1. The van der Waals surface area contributed by atoms with Gasteiger partial charge in [0.2, 0.25) is 0 Å². The Bertz CT molecular complexity index is 140. The number of aliphatic carboxylic acids is 1. The summed E-state index contributed by atoms with van der Waals surface area (Å²) in [5, 5.41) is 11.5. The quantitative estimate of drug-likeness (QED) is 0.479. The molecule has 4 heteroatoms. The Morgan fingerprint density at radius 3 is 2.80 bits per heavy atom. The van der Waals surface area contributed by atoms with E-state index in [2.05, 4.69) is 17.9 Å². The third-order valence-electron chi connectivity index (χ3n) is 1.69. The summed E-state index contributed by atoms with van der Waals surface area (Å²) in [6, 6.07) is -0.447. The Balaban J connectivity index is 2.47. The van der Waals surface area contributed by atoms with Gasteiger partial charge >= 0.3 is 5.97 Å². The molecule has 1 fully saturated rings. The first-order chi connectivity index (χ1) is 4.72. The second-order valence-electron chi connectivity index (χ2n) is 2.48. The van der Waals surface area contributed by atoms with Gasteiger partial charge < -0.3 is 10.4 Å². The zero-order valence-electron chi connectivity index (χ0n) is 5.58. The standard InChI is InChI=1S/C6H11NO2S/c8-6(9)5-4(10)2-1-3-7-5/h4-5,7,10H,1-3H2,(H,8,9). The predicted octanol–water partition coefficient (Wildman–Crippen LogP) is 0.121. The predicted molar refractivity (Wildman–Crippen MR) is 41.4 cm³/mol. The first-order valence-electron chi connectivity index (χ1n) is 3.36. The molecule has 0 aliphatic carbocycles. The molecule has 2 N–H and O–H groups in total. The van der Waals surface area contributed by atoms with E-state index >= 15 is 0 Å². The van der Waals surface area contributed by atoms with Crippen molar-refractivity contribution in [3.63, 3.8) is 0 Å². The first kappa shape index (κ1) is 7.88. The van der Waals surface area contributed by atoms with Gasteiger partial charge in [0, 0.05) is 5.25 Å². The van der Waals surface area contributed by atoms with Crippen molar-refractivity contribution >= 4 is 18.6 Å². The van der Waals surface area contributed by atoms with Gasteiger partial charge in [-0.25, -0.2) is 0 Å². The van der Waals surface area contributed by atoms with Gasteiger partial charge in [0.1, 0.15) is 6.04 Å². The van der Waals surface area contributed by atoms with Crippen molar-refractivity contribution < 1.29 is 9.90 Å². The number of hydrogen-bond donors (Lipinski definition) is 3. The lowest BCUT2D eigenvalue weighted by Gasteiger charge is -2.25. The van der Waals surface area contributed by atoms with Crippen LogP contribution in [0.2, 0.25) is 0 Å². The number of hydrogen-bond acceptors (Lipinski definition) is 3. The molecule has 0 spiro atoms. The number of nitrogens with one attached hydrogen (secondary N) is 1. The molecule has 0 aromatic rings. The molecular formula is C6H11NO2S. The Labute approximate surface area is 65.2 Å². The second kappa shape index (κ2) is 3.25. The van der Waals surface area contributed by atoms with Gasteiger partial charge in [-0.05, 0) is 19.4 Å². The van der Waals surface area contributed by atoms with Crippen molar-refractivity contribution in [2.45, 2.75) is 24.1 Å². The van der Waals surface area contributed by atoms with Crippen LogP contribution in [0.1, 0.15) is 12.8 Å². The minimum Gasteiger partial charge on any atom is -0.480 e. The van der Waals surface area contributed by atoms with Crippen molar-refractivity contribution in [2.75, 3.05) is 6.54 Å². The fourth-order valence-corrected chi connectivity index (χ4v) is 1.54. The van der Waals surface area contributed by atoms with Crippen LogP contribution in [0.15, 0.2) is 0 Å². The van der Waals surface area contributed by atoms with E-state index in [0.29, 0.717) is 0 Å². The molecule has 0 bridgehead atoms. The zero-order valence-corrected chi connectivity index (χ0v) is 6.47. The van der Waals surface area contributed by atoms with Crippen molar-refractivity contribution in [3.05, 3.63) is 0 Å². The van der Waals surface area contributed by atoms with Crippen LogP contribution in [0.25, 0.3) is 0 Å². The Morgan fingerprint density at radius 2 is 2.40 bits per heavy atom. The molecule has 0 amide bonds. The van der Waals surface area contributed by atoms with Gasteiger partial charge in [0.15, 0.2) is 0 Å². The van der Waals surface area contributed by atoms with E-state index in [0.717, 1.165) is 19.4 Å². The highest BCUT2D eigenvalue weighted by Crippen LogP contribution is 2.14. The minimum absolute atomic E-state index is 0.0220. The van der Waals surface area contributed by atoms with E-state index in [1.165, 1.54) is 0 Å². The fourth-order valence-electron chi connectivity index (χ4n) is 1.12. The Hall–Kier alpha value is -0.220. The van der Waals surface area contributed by atoms with E-state index in [4.69, 9.17) is 5.11 Å². The molecule has 0 radical (unpaired) electrons. The summed E-state index contributed by atoms with van der Waals surface area (Å²) in [6.07, 6.45) is 1.92. The van der Waals surface area contributed by atoms with Crippen LogP contribution in [0.5, 0.6) is 0 Å². The maximum Gasteiger partial charge on any atom is 0.321 e. The van der Waals surface area contributed by atoms with Crippen molar-refractivity contribution in [1.82, 2.24) is 5.32 Å². The Kier molecular flexibility index (Phi) is 2.56. The van der Waals surface area contributed by atoms with Crippen LogP contribution in [-0.2, 0) is 4.79 Å². The number of thiol groups is 1. The molecule has 2 atom stereocenters. The lowest BCUT2D eigenvalue weighted by Crippen LogP contribution is -2.47. The molecule has 1 rings (SSSR count). The van der Waals surface area contributed by atoms with E-state index in [9.17, 15) is 4.79 Å². The summed E-state index contributed by atoms with van der Waals surface area (Å²) in [4.78, 5) is 10.5. The van der Waals surface area contributed by atoms with E-state index in [-0.39, 0.29) is 5.25 Å². The van der Waals surface area contributed by atoms with Crippen molar-refractivity contribution in [2.24, 2.45) is 0 Å². The summed E-state index contributed by atoms with van der Waals surface area (Å²) >= 11 is 4.15. The van der Waals surface area contributed by atoms with Gasteiger partial charge in [0.05, 0.1) is 0 Å². The molecule has 1 aliphatic rings. The third kappa shape index (κ3) is 1.64. The van der Waals surface area contributed by atoms with Crippen LogP contribution in [0.4, 0.5) is 0 Å². The molecule has 0 aromatic heterocycles. The van der Waals surface area contributed by atoms with E-state index < -0.39 is 12.0 Å². The van der Waals surface area contributed by atoms with Crippen LogP contribution in [0.3, 0.4) is 0 Å². The molecule has 1 heterocycles. The minimum atomic E-state index is -0.792. The Morgan fingerprint density at radius 1 is 1.70 bits per heavy atom. The number of carbonyl (C=O) groups is 1. The highest BCUT2D eigenvalue weighted by molar-refractivity contribution is 7.81. The smallest absolute Gasteiger partial charge is 0.321 e. The van der Waals surface area contributed by atoms with Gasteiger partial charge in [-0.1, -0.05) is 0 Å².